The molecule has 2 unspecified atom stereocenters. The number of benzene rings is 2. The fourth-order valence-electron chi connectivity index (χ4n) is 4.45. The number of aliphatic imine (C=N–C) groups is 1. The van der Waals surface area contributed by atoms with Crippen molar-refractivity contribution < 1.29 is 9.13 Å². The second kappa shape index (κ2) is 8.59. The third kappa shape index (κ3) is 4.03. The molecule has 0 amide bonds. The van der Waals surface area contributed by atoms with E-state index in [9.17, 15) is 4.39 Å². The van der Waals surface area contributed by atoms with Crippen LogP contribution in [0.1, 0.15) is 35.6 Å². The van der Waals surface area contributed by atoms with Crippen molar-refractivity contribution in [3.63, 3.8) is 0 Å². The topological polar surface area (TPSA) is 54.7 Å². The second-order valence-electron chi connectivity index (χ2n) is 8.22. The van der Waals surface area contributed by atoms with E-state index in [4.69, 9.17) is 9.73 Å². The van der Waals surface area contributed by atoms with Gasteiger partial charge in [-0.05, 0) is 61.2 Å². The maximum atomic E-state index is 13.3. The van der Waals surface area contributed by atoms with Crippen molar-refractivity contribution in [1.29, 1.82) is 0 Å². The Morgan fingerprint density at radius 2 is 2.00 bits per heavy atom. The normalized spacial score (nSPS) is 20.8. The van der Waals surface area contributed by atoms with E-state index < -0.39 is 0 Å². The molecule has 3 aromatic rings. The van der Waals surface area contributed by atoms with Gasteiger partial charge >= 0.3 is 0 Å². The highest BCUT2D eigenvalue weighted by Crippen LogP contribution is 2.34. The number of aromatic nitrogens is 2. The zero-order chi connectivity index (χ0) is 22.1. The fraction of sp³-hybridized carbons (Fsp3) is 0.280. The van der Waals surface area contributed by atoms with Gasteiger partial charge in [-0.1, -0.05) is 24.3 Å². The van der Waals surface area contributed by atoms with Gasteiger partial charge in [-0.2, -0.15) is 5.01 Å². The lowest BCUT2D eigenvalue weighted by molar-refractivity contribution is 0.123. The number of fused-ring (bicyclic) bond motifs is 1. The molecule has 32 heavy (non-hydrogen) atoms. The molecule has 0 saturated carbocycles. The summed E-state index contributed by atoms with van der Waals surface area (Å²) in [5.74, 6) is 1.65. The van der Waals surface area contributed by atoms with Crippen LogP contribution in [0, 0.1) is 12.7 Å². The molecule has 6 nitrogen and oxygen atoms in total. The number of hydrogen-bond acceptors (Lipinski definition) is 5. The minimum atomic E-state index is -0.206. The standard InChI is InChI=1S/C25H26FN5O/c1-17-15-30(16-27-17)22-11-5-18(14-23(22)32-2)6-12-24-28-25-21(4-3-13-31(25)29-24)19-7-9-20(26)10-8-19/h5-12,14-16,21,25H,3-4,13H2,1-2H3,(H,28,29)/b12-6+. The predicted molar refractivity (Wildman–Crippen MR) is 123 cm³/mol. The van der Waals surface area contributed by atoms with Crippen LogP contribution in [0.15, 0.2) is 66.1 Å². The number of imidazole rings is 1. The maximum Gasteiger partial charge on any atom is 0.143 e. The molecule has 1 saturated heterocycles. The molecule has 0 spiro atoms. The molecule has 7 heteroatoms. The van der Waals surface area contributed by atoms with Crippen LogP contribution in [0.2, 0.25) is 0 Å². The summed E-state index contributed by atoms with van der Waals surface area (Å²) in [6.07, 6.45) is 9.92. The zero-order valence-electron chi connectivity index (χ0n) is 18.2. The summed E-state index contributed by atoms with van der Waals surface area (Å²) in [6.45, 7) is 2.90. The first-order valence-electron chi connectivity index (χ1n) is 10.8. The van der Waals surface area contributed by atoms with Gasteiger partial charge in [0, 0.05) is 18.7 Å². The lowest BCUT2D eigenvalue weighted by Crippen LogP contribution is -2.46. The first kappa shape index (κ1) is 20.5. The summed E-state index contributed by atoms with van der Waals surface area (Å²) in [5.41, 5.74) is 7.47. The number of rotatable bonds is 5. The smallest absolute Gasteiger partial charge is 0.143 e. The number of piperidine rings is 1. The number of hydrogen-bond donors (Lipinski definition) is 1. The van der Waals surface area contributed by atoms with Crippen LogP contribution in [-0.2, 0) is 0 Å². The van der Waals surface area contributed by atoms with Crippen LogP contribution in [0.5, 0.6) is 5.75 Å². The van der Waals surface area contributed by atoms with Gasteiger partial charge in [-0.15, -0.1) is 0 Å². The highest BCUT2D eigenvalue weighted by Gasteiger charge is 2.36. The van der Waals surface area contributed by atoms with Gasteiger partial charge in [0.1, 0.15) is 23.6 Å². The van der Waals surface area contributed by atoms with Gasteiger partial charge in [0.15, 0.2) is 0 Å². The lowest BCUT2D eigenvalue weighted by atomic mass is 9.88. The fourth-order valence-corrected chi connectivity index (χ4v) is 4.45. The van der Waals surface area contributed by atoms with E-state index in [2.05, 4.69) is 15.4 Å². The largest absolute Gasteiger partial charge is 0.495 e. The van der Waals surface area contributed by atoms with Crippen molar-refractivity contribution in [2.75, 3.05) is 13.7 Å². The van der Waals surface area contributed by atoms with Crippen molar-refractivity contribution in [2.24, 2.45) is 4.99 Å². The molecular weight excluding hydrogens is 405 g/mol. The molecule has 1 aromatic heterocycles. The number of amidine groups is 1. The number of hydrazine groups is 1. The van der Waals surface area contributed by atoms with E-state index >= 15 is 0 Å². The van der Waals surface area contributed by atoms with E-state index in [-0.39, 0.29) is 17.9 Å². The summed E-state index contributed by atoms with van der Waals surface area (Å²) >= 11 is 0. The Morgan fingerprint density at radius 3 is 2.75 bits per heavy atom. The molecule has 5 rings (SSSR count). The van der Waals surface area contributed by atoms with Crippen LogP contribution in [0.4, 0.5) is 4.39 Å². The number of nitrogens with one attached hydrogen (secondary N) is 1. The van der Waals surface area contributed by atoms with E-state index in [0.717, 1.165) is 53.5 Å². The van der Waals surface area contributed by atoms with Crippen molar-refractivity contribution in [2.45, 2.75) is 31.8 Å². The van der Waals surface area contributed by atoms with Gasteiger partial charge < -0.3 is 14.7 Å². The molecule has 0 bridgehead atoms. The molecule has 1 fully saturated rings. The Labute approximate surface area is 187 Å². The molecule has 2 aliphatic heterocycles. The van der Waals surface area contributed by atoms with Crippen LogP contribution in [0.3, 0.4) is 0 Å². The average Bonchev–Trinajstić information content (AvgIpc) is 3.43. The van der Waals surface area contributed by atoms with E-state index in [0.29, 0.717) is 0 Å². The van der Waals surface area contributed by atoms with Crippen LogP contribution < -0.4 is 10.2 Å². The molecule has 3 heterocycles. The van der Waals surface area contributed by atoms with Gasteiger partial charge in [0.2, 0.25) is 0 Å². The first-order valence-corrected chi connectivity index (χ1v) is 10.8. The molecule has 1 N–H and O–H groups in total. The number of ether oxygens (including phenoxy) is 1. The Bertz CT molecular complexity index is 1170. The molecule has 2 aliphatic rings. The van der Waals surface area contributed by atoms with Crippen molar-refractivity contribution in [3.8, 4) is 11.4 Å². The summed E-state index contributed by atoms with van der Waals surface area (Å²) in [6, 6.07) is 12.9. The SMILES string of the molecule is COc1cc(/C=C/C2=NC3C(c4ccc(F)cc4)CCCN3N2)ccc1-n1cnc(C)c1. The average molecular weight is 432 g/mol. The van der Waals surface area contributed by atoms with Gasteiger partial charge in [-0.3, -0.25) is 0 Å². The Kier molecular flexibility index (Phi) is 5.49. The summed E-state index contributed by atoms with van der Waals surface area (Å²) in [7, 11) is 1.67. The minimum absolute atomic E-state index is 0.0234. The first-order chi connectivity index (χ1) is 15.6. The predicted octanol–water partition coefficient (Wildman–Crippen LogP) is 4.46. The number of methoxy groups -OCH3 is 1. The monoisotopic (exact) mass is 431 g/mol. The van der Waals surface area contributed by atoms with E-state index in [1.54, 1.807) is 13.4 Å². The zero-order valence-corrected chi connectivity index (χ0v) is 18.2. The quantitative estimate of drug-likeness (QED) is 0.648. The summed E-state index contributed by atoms with van der Waals surface area (Å²) < 4.78 is 20.9. The van der Waals surface area contributed by atoms with E-state index in [1.807, 2.05) is 60.2 Å². The molecule has 164 valence electrons. The van der Waals surface area contributed by atoms with Crippen molar-refractivity contribution in [1.82, 2.24) is 20.0 Å². The van der Waals surface area contributed by atoms with Crippen LogP contribution in [-0.4, -0.2) is 40.2 Å². The molecule has 0 radical (unpaired) electrons. The molecular formula is C25H26FN5O. The molecule has 2 atom stereocenters. The van der Waals surface area contributed by atoms with Gasteiger partial charge in [-0.25, -0.2) is 14.4 Å². The third-order valence-electron chi connectivity index (χ3n) is 6.05. The van der Waals surface area contributed by atoms with Gasteiger partial charge in [0.25, 0.3) is 0 Å². The molecule has 2 aromatic carbocycles. The van der Waals surface area contributed by atoms with Crippen molar-refractivity contribution >= 4 is 11.9 Å². The van der Waals surface area contributed by atoms with Crippen LogP contribution >= 0.6 is 0 Å². The lowest BCUT2D eigenvalue weighted by Gasteiger charge is -2.34. The number of halogens is 1. The molecule has 0 aliphatic carbocycles. The van der Waals surface area contributed by atoms with Crippen molar-refractivity contribution in [3.05, 3.63) is 83.7 Å². The summed E-state index contributed by atoms with van der Waals surface area (Å²) in [4.78, 5) is 9.22. The second-order valence-corrected chi connectivity index (χ2v) is 8.22. The highest BCUT2D eigenvalue weighted by molar-refractivity contribution is 5.97. The van der Waals surface area contributed by atoms with E-state index in [1.165, 1.54) is 12.1 Å². The Morgan fingerprint density at radius 1 is 1.16 bits per heavy atom. The highest BCUT2D eigenvalue weighted by atomic mass is 19.1. The number of nitrogens with zero attached hydrogens (tertiary/aromatic N) is 4. The summed E-state index contributed by atoms with van der Waals surface area (Å²) in [5, 5.41) is 2.18. The maximum absolute atomic E-state index is 13.3. The Balaban J connectivity index is 1.35. The Hall–Kier alpha value is -3.45. The number of aryl methyl sites for hydroxylation is 1. The van der Waals surface area contributed by atoms with Crippen LogP contribution in [0.25, 0.3) is 11.8 Å². The third-order valence-corrected chi connectivity index (χ3v) is 6.05. The minimum Gasteiger partial charge on any atom is -0.495 e. The van der Waals surface area contributed by atoms with Gasteiger partial charge in [0.05, 0.1) is 24.8 Å².